The molecule has 2 aromatic carbocycles. The van der Waals surface area contributed by atoms with E-state index in [0.717, 1.165) is 34.2 Å². The molecule has 0 saturated heterocycles. The molecule has 0 radical (unpaired) electrons. The number of nitrogens with two attached hydrogens (primary N) is 1. The van der Waals surface area contributed by atoms with Crippen molar-refractivity contribution in [3.63, 3.8) is 0 Å². The lowest BCUT2D eigenvalue weighted by molar-refractivity contribution is -0.118. The van der Waals surface area contributed by atoms with Crippen LogP contribution in [-0.2, 0) is 10.3 Å². The van der Waals surface area contributed by atoms with Gasteiger partial charge < -0.3 is 15.8 Å². The van der Waals surface area contributed by atoms with Crippen molar-refractivity contribution >= 4 is 39.3 Å². The van der Waals surface area contributed by atoms with Gasteiger partial charge in [-0.25, -0.2) is 0 Å². The molecule has 6 nitrogen and oxygen atoms in total. The third-order valence-corrected chi connectivity index (χ3v) is 5.74. The van der Waals surface area contributed by atoms with Crippen LogP contribution in [0.25, 0.3) is 10.8 Å². The number of ether oxygens (including phenoxy) is 1. The normalized spacial score (nSPS) is 18.9. The summed E-state index contributed by atoms with van der Waals surface area (Å²) in [6.07, 6.45) is 4.42. The van der Waals surface area contributed by atoms with E-state index in [1.54, 1.807) is 24.2 Å². The number of thioether (sulfide) groups is 1. The van der Waals surface area contributed by atoms with Gasteiger partial charge in [-0.15, -0.1) is 0 Å². The standard InChI is InChI=1S/C22H22N4O2S/c1-22(8-10-29-21(23)26-22)17-3-2-4-19(12-17)28-14-20(27)25-18-6-5-16-13-24-9-7-15(16)11-18/h2-7,9,11-13H,8,10,14H2,1H3,(H2,23,26)(H,25,27). The highest BCUT2D eigenvalue weighted by atomic mass is 32.2. The summed E-state index contributed by atoms with van der Waals surface area (Å²) in [5.41, 5.74) is 7.31. The van der Waals surface area contributed by atoms with Gasteiger partial charge in [-0.3, -0.25) is 14.8 Å². The number of carbonyl (C=O) groups is 1. The molecule has 3 N–H and O–H groups in total. The summed E-state index contributed by atoms with van der Waals surface area (Å²) in [5, 5.41) is 5.52. The maximum absolute atomic E-state index is 12.3. The second-order valence-corrected chi connectivity index (χ2v) is 8.24. The number of carbonyl (C=O) groups excluding carboxylic acids is 1. The first-order chi connectivity index (χ1) is 14.0. The average molecular weight is 407 g/mol. The number of benzene rings is 2. The molecular weight excluding hydrogens is 384 g/mol. The topological polar surface area (TPSA) is 89.6 Å². The van der Waals surface area contributed by atoms with Crippen molar-refractivity contribution in [3.8, 4) is 5.75 Å². The predicted molar refractivity (Wildman–Crippen MR) is 118 cm³/mol. The Morgan fingerprint density at radius 2 is 2.14 bits per heavy atom. The Labute approximate surface area is 173 Å². The Morgan fingerprint density at radius 1 is 1.24 bits per heavy atom. The highest BCUT2D eigenvalue weighted by molar-refractivity contribution is 8.13. The quantitative estimate of drug-likeness (QED) is 0.670. The first-order valence-corrected chi connectivity index (χ1v) is 10.4. The molecular formula is C22H22N4O2S. The molecule has 1 aliphatic heterocycles. The monoisotopic (exact) mass is 406 g/mol. The third kappa shape index (κ3) is 4.51. The molecule has 2 heterocycles. The van der Waals surface area contributed by atoms with Crippen LogP contribution in [0.5, 0.6) is 5.75 Å². The van der Waals surface area contributed by atoms with Gasteiger partial charge in [-0.1, -0.05) is 30.0 Å². The highest BCUT2D eigenvalue weighted by Gasteiger charge is 2.29. The molecule has 1 aromatic heterocycles. The molecule has 29 heavy (non-hydrogen) atoms. The molecule has 1 aliphatic rings. The van der Waals surface area contributed by atoms with Crippen molar-refractivity contribution in [2.45, 2.75) is 18.9 Å². The second kappa shape index (κ2) is 8.13. The Balaban J connectivity index is 1.41. The lowest BCUT2D eigenvalue weighted by Gasteiger charge is -2.30. The highest BCUT2D eigenvalue weighted by Crippen LogP contribution is 2.36. The van der Waals surface area contributed by atoms with E-state index < -0.39 is 0 Å². The van der Waals surface area contributed by atoms with Gasteiger partial charge in [0, 0.05) is 29.2 Å². The number of hydrogen-bond acceptors (Lipinski definition) is 6. The zero-order chi connectivity index (χ0) is 20.3. The maximum atomic E-state index is 12.3. The van der Waals surface area contributed by atoms with Crippen LogP contribution in [0.4, 0.5) is 5.69 Å². The fourth-order valence-corrected chi connectivity index (χ4v) is 4.30. The number of fused-ring (bicyclic) bond motifs is 1. The first kappa shape index (κ1) is 19.3. The lowest BCUT2D eigenvalue weighted by atomic mass is 9.90. The Morgan fingerprint density at radius 3 is 3.00 bits per heavy atom. The van der Waals surface area contributed by atoms with Crippen LogP contribution in [0.1, 0.15) is 18.9 Å². The smallest absolute Gasteiger partial charge is 0.262 e. The van der Waals surface area contributed by atoms with Crippen LogP contribution in [-0.4, -0.2) is 28.4 Å². The fraction of sp³-hybridized carbons (Fsp3) is 0.227. The number of nitrogens with one attached hydrogen (secondary N) is 1. The molecule has 1 amide bonds. The molecule has 1 atom stereocenters. The summed E-state index contributed by atoms with van der Waals surface area (Å²) in [5.74, 6) is 1.35. The molecule has 0 aliphatic carbocycles. The lowest BCUT2D eigenvalue weighted by Crippen LogP contribution is -2.28. The minimum Gasteiger partial charge on any atom is -0.484 e. The van der Waals surface area contributed by atoms with E-state index in [-0.39, 0.29) is 18.1 Å². The molecule has 3 aromatic rings. The zero-order valence-corrected chi connectivity index (χ0v) is 16.9. The van der Waals surface area contributed by atoms with Gasteiger partial charge in [0.05, 0.1) is 5.54 Å². The molecule has 7 heteroatoms. The Kier molecular flexibility index (Phi) is 5.40. The Bertz CT molecular complexity index is 1090. The molecule has 0 fully saturated rings. The number of aliphatic imine (C=N–C) groups is 1. The summed E-state index contributed by atoms with van der Waals surface area (Å²) >= 11 is 1.57. The van der Waals surface area contributed by atoms with Gasteiger partial charge in [0.2, 0.25) is 0 Å². The minimum absolute atomic E-state index is 0.0736. The summed E-state index contributed by atoms with van der Waals surface area (Å²) < 4.78 is 5.72. The predicted octanol–water partition coefficient (Wildman–Crippen LogP) is 3.92. The first-order valence-electron chi connectivity index (χ1n) is 9.37. The minimum atomic E-state index is -0.364. The van der Waals surface area contributed by atoms with Crippen molar-refractivity contribution in [2.24, 2.45) is 10.7 Å². The van der Waals surface area contributed by atoms with Crippen molar-refractivity contribution < 1.29 is 9.53 Å². The molecule has 0 bridgehead atoms. The van der Waals surface area contributed by atoms with Gasteiger partial charge in [-0.2, -0.15) is 0 Å². The van der Waals surface area contributed by atoms with Gasteiger partial charge in [0.25, 0.3) is 5.91 Å². The largest absolute Gasteiger partial charge is 0.484 e. The van der Waals surface area contributed by atoms with Gasteiger partial charge in [-0.05, 0) is 54.6 Å². The van der Waals surface area contributed by atoms with Crippen LogP contribution in [0.15, 0.2) is 65.9 Å². The summed E-state index contributed by atoms with van der Waals surface area (Å²) in [6, 6.07) is 15.3. The third-order valence-electron chi connectivity index (χ3n) is 4.95. The van der Waals surface area contributed by atoms with Crippen LogP contribution in [0.2, 0.25) is 0 Å². The van der Waals surface area contributed by atoms with Crippen molar-refractivity contribution in [3.05, 3.63) is 66.5 Å². The maximum Gasteiger partial charge on any atom is 0.262 e. The fourth-order valence-electron chi connectivity index (χ4n) is 3.32. The van der Waals surface area contributed by atoms with Crippen LogP contribution < -0.4 is 15.8 Å². The Hall–Kier alpha value is -3.06. The SMILES string of the molecule is CC1(c2cccc(OCC(=O)Nc3ccc4cnccc4c3)c2)CCSC(N)=N1. The number of amides is 1. The van der Waals surface area contributed by atoms with Crippen LogP contribution in [0.3, 0.4) is 0 Å². The molecule has 4 rings (SSSR count). The number of anilines is 1. The number of hydrogen-bond donors (Lipinski definition) is 2. The van der Waals surface area contributed by atoms with Gasteiger partial charge in [0.1, 0.15) is 5.75 Å². The van der Waals surface area contributed by atoms with Crippen LogP contribution >= 0.6 is 11.8 Å². The van der Waals surface area contributed by atoms with E-state index in [1.165, 1.54) is 0 Å². The van der Waals surface area contributed by atoms with E-state index >= 15 is 0 Å². The molecule has 0 spiro atoms. The van der Waals surface area contributed by atoms with E-state index in [2.05, 4.69) is 22.2 Å². The number of amidine groups is 1. The van der Waals surface area contributed by atoms with E-state index in [0.29, 0.717) is 10.9 Å². The van der Waals surface area contributed by atoms with Gasteiger partial charge in [0.15, 0.2) is 11.8 Å². The van der Waals surface area contributed by atoms with Crippen LogP contribution in [0, 0.1) is 0 Å². The van der Waals surface area contributed by atoms with Crippen molar-refractivity contribution in [2.75, 3.05) is 17.7 Å². The molecule has 0 saturated carbocycles. The van der Waals surface area contributed by atoms with E-state index in [1.807, 2.05) is 48.5 Å². The molecule has 148 valence electrons. The number of rotatable bonds is 5. The number of aromatic nitrogens is 1. The van der Waals surface area contributed by atoms with E-state index in [4.69, 9.17) is 10.5 Å². The second-order valence-electron chi connectivity index (χ2n) is 7.12. The average Bonchev–Trinajstić information content (AvgIpc) is 2.72. The van der Waals surface area contributed by atoms with Gasteiger partial charge >= 0.3 is 0 Å². The van der Waals surface area contributed by atoms with Crippen molar-refractivity contribution in [1.29, 1.82) is 0 Å². The summed E-state index contributed by atoms with van der Waals surface area (Å²) in [7, 11) is 0. The number of nitrogens with zero attached hydrogens (tertiary/aromatic N) is 2. The van der Waals surface area contributed by atoms with E-state index in [9.17, 15) is 4.79 Å². The summed E-state index contributed by atoms with van der Waals surface area (Å²) in [6.45, 7) is 2.00. The van der Waals surface area contributed by atoms with Crippen molar-refractivity contribution in [1.82, 2.24) is 4.98 Å². The molecule has 1 unspecified atom stereocenters. The number of pyridine rings is 1. The summed E-state index contributed by atoms with van der Waals surface area (Å²) in [4.78, 5) is 21.0. The zero-order valence-electron chi connectivity index (χ0n) is 16.1.